The van der Waals surface area contributed by atoms with E-state index in [1.807, 2.05) is 0 Å². The Balaban J connectivity index is 2.64. The number of halogens is 2. The minimum absolute atomic E-state index is 0.0260. The highest BCUT2D eigenvalue weighted by Gasteiger charge is 2.23. The van der Waals surface area contributed by atoms with Gasteiger partial charge in [0.15, 0.2) is 0 Å². The van der Waals surface area contributed by atoms with E-state index in [9.17, 15) is 9.18 Å². The smallest absolute Gasteiger partial charge is 0.339 e. The molecule has 0 saturated carbocycles. The summed E-state index contributed by atoms with van der Waals surface area (Å²) in [7, 11) is 0. The molecular weight excluding hydrogens is 235 g/mol. The molecule has 1 aromatic carbocycles. The van der Waals surface area contributed by atoms with Crippen molar-refractivity contribution in [1.29, 1.82) is 0 Å². The van der Waals surface area contributed by atoms with Crippen molar-refractivity contribution in [2.24, 2.45) is 0 Å². The zero-order valence-corrected chi connectivity index (χ0v) is 9.18. The summed E-state index contributed by atoms with van der Waals surface area (Å²) in [5, 5.41) is 8.93. The SMILES string of the molecule is O=C(O)c1cc(F)c(Cl)c2c1OCCCC2. The van der Waals surface area contributed by atoms with Crippen molar-refractivity contribution in [3.8, 4) is 5.75 Å². The van der Waals surface area contributed by atoms with Crippen LogP contribution in [0.25, 0.3) is 0 Å². The van der Waals surface area contributed by atoms with Crippen LogP contribution in [0.4, 0.5) is 4.39 Å². The van der Waals surface area contributed by atoms with Crippen LogP contribution < -0.4 is 4.74 Å². The number of aromatic carboxylic acids is 1. The van der Waals surface area contributed by atoms with Crippen LogP contribution in [0, 0.1) is 5.82 Å². The predicted octanol–water partition coefficient (Wildman–Crippen LogP) is 2.89. The van der Waals surface area contributed by atoms with Gasteiger partial charge in [0.25, 0.3) is 0 Å². The van der Waals surface area contributed by atoms with Gasteiger partial charge in [0.2, 0.25) is 0 Å². The highest BCUT2D eigenvalue weighted by Crippen LogP contribution is 2.35. The van der Waals surface area contributed by atoms with E-state index in [-0.39, 0.29) is 16.3 Å². The maximum atomic E-state index is 13.4. The van der Waals surface area contributed by atoms with Crippen LogP contribution in [0.3, 0.4) is 0 Å². The van der Waals surface area contributed by atoms with Crippen LogP contribution in [0.15, 0.2) is 6.07 Å². The number of fused-ring (bicyclic) bond motifs is 1. The molecule has 1 heterocycles. The van der Waals surface area contributed by atoms with E-state index in [0.29, 0.717) is 18.6 Å². The Morgan fingerprint density at radius 3 is 2.94 bits per heavy atom. The Hall–Kier alpha value is -1.29. The number of hydrogen-bond acceptors (Lipinski definition) is 2. The van der Waals surface area contributed by atoms with Crippen molar-refractivity contribution in [2.75, 3.05) is 6.61 Å². The maximum absolute atomic E-state index is 13.4. The van der Waals surface area contributed by atoms with E-state index in [0.717, 1.165) is 18.9 Å². The minimum Gasteiger partial charge on any atom is -0.492 e. The minimum atomic E-state index is -1.20. The molecule has 0 saturated heterocycles. The number of carbonyl (C=O) groups is 1. The summed E-state index contributed by atoms with van der Waals surface area (Å²) in [6, 6.07) is 0.912. The van der Waals surface area contributed by atoms with Gasteiger partial charge in [-0.25, -0.2) is 9.18 Å². The van der Waals surface area contributed by atoms with E-state index < -0.39 is 11.8 Å². The number of benzene rings is 1. The highest BCUT2D eigenvalue weighted by atomic mass is 35.5. The van der Waals surface area contributed by atoms with Crippen LogP contribution in [0.1, 0.15) is 28.8 Å². The summed E-state index contributed by atoms with van der Waals surface area (Å²) in [5.74, 6) is -1.69. The lowest BCUT2D eigenvalue weighted by atomic mass is 10.0. The van der Waals surface area contributed by atoms with Gasteiger partial charge in [0, 0.05) is 5.56 Å². The third kappa shape index (κ3) is 1.85. The van der Waals surface area contributed by atoms with Gasteiger partial charge in [-0.3, -0.25) is 0 Å². The molecule has 1 aliphatic rings. The zero-order chi connectivity index (χ0) is 11.7. The molecule has 0 atom stereocenters. The fourth-order valence-electron chi connectivity index (χ4n) is 1.79. The second kappa shape index (κ2) is 4.29. The second-order valence-corrected chi connectivity index (χ2v) is 4.02. The molecule has 16 heavy (non-hydrogen) atoms. The Morgan fingerprint density at radius 1 is 1.50 bits per heavy atom. The maximum Gasteiger partial charge on any atom is 0.339 e. The first-order valence-corrected chi connectivity index (χ1v) is 5.36. The van der Waals surface area contributed by atoms with E-state index in [2.05, 4.69) is 0 Å². The molecule has 0 aliphatic carbocycles. The number of carboxylic acids is 1. The normalized spacial score (nSPS) is 14.9. The molecule has 0 spiro atoms. The molecule has 0 radical (unpaired) electrons. The molecule has 0 fully saturated rings. The molecule has 2 rings (SSSR count). The van der Waals surface area contributed by atoms with Crippen LogP contribution >= 0.6 is 11.6 Å². The number of rotatable bonds is 1. The Kier molecular flexibility index (Phi) is 3.01. The van der Waals surface area contributed by atoms with Crippen molar-refractivity contribution in [3.63, 3.8) is 0 Å². The quantitative estimate of drug-likeness (QED) is 0.826. The first kappa shape index (κ1) is 11.2. The van der Waals surface area contributed by atoms with E-state index in [1.165, 1.54) is 0 Å². The molecule has 1 aliphatic heterocycles. The van der Waals surface area contributed by atoms with Gasteiger partial charge in [-0.15, -0.1) is 0 Å². The van der Waals surface area contributed by atoms with Crippen molar-refractivity contribution >= 4 is 17.6 Å². The molecule has 3 nitrogen and oxygen atoms in total. The van der Waals surface area contributed by atoms with E-state index >= 15 is 0 Å². The summed E-state index contributed by atoms with van der Waals surface area (Å²) in [4.78, 5) is 11.0. The van der Waals surface area contributed by atoms with Gasteiger partial charge >= 0.3 is 5.97 Å². The summed E-state index contributed by atoms with van der Waals surface area (Å²) in [5.41, 5.74) is 0.315. The molecule has 5 heteroatoms. The third-order valence-electron chi connectivity index (χ3n) is 2.56. The van der Waals surface area contributed by atoms with E-state index in [1.54, 1.807) is 0 Å². The van der Waals surface area contributed by atoms with Crippen molar-refractivity contribution in [3.05, 3.63) is 28.0 Å². The van der Waals surface area contributed by atoms with Crippen molar-refractivity contribution in [2.45, 2.75) is 19.3 Å². The van der Waals surface area contributed by atoms with Gasteiger partial charge in [-0.2, -0.15) is 0 Å². The molecular formula is C11H10ClFO3. The van der Waals surface area contributed by atoms with Crippen LogP contribution in [0.5, 0.6) is 5.75 Å². The van der Waals surface area contributed by atoms with Gasteiger partial charge in [-0.1, -0.05) is 11.6 Å². The van der Waals surface area contributed by atoms with Crippen LogP contribution in [-0.4, -0.2) is 17.7 Å². The largest absolute Gasteiger partial charge is 0.492 e. The summed E-state index contributed by atoms with van der Waals surface area (Å²) < 4.78 is 18.8. The second-order valence-electron chi connectivity index (χ2n) is 3.64. The fraction of sp³-hybridized carbons (Fsp3) is 0.364. The third-order valence-corrected chi connectivity index (χ3v) is 2.97. The molecule has 0 bridgehead atoms. The molecule has 1 N–H and O–H groups in total. The molecule has 0 aromatic heterocycles. The van der Waals surface area contributed by atoms with Crippen molar-refractivity contribution in [1.82, 2.24) is 0 Å². The lowest BCUT2D eigenvalue weighted by Gasteiger charge is -2.12. The monoisotopic (exact) mass is 244 g/mol. The number of hydrogen-bond donors (Lipinski definition) is 1. The molecule has 86 valence electrons. The lowest BCUT2D eigenvalue weighted by molar-refractivity contribution is 0.0691. The Bertz CT molecular complexity index is 445. The summed E-state index contributed by atoms with van der Waals surface area (Å²) in [6.45, 7) is 0.440. The lowest BCUT2D eigenvalue weighted by Crippen LogP contribution is -2.06. The molecule has 0 amide bonds. The van der Waals surface area contributed by atoms with Gasteiger partial charge in [0.1, 0.15) is 17.1 Å². The number of carboxylic acid groups (broad SMARTS) is 1. The Morgan fingerprint density at radius 2 is 2.25 bits per heavy atom. The average Bonchev–Trinajstić information content (AvgIpc) is 2.48. The van der Waals surface area contributed by atoms with Crippen LogP contribution in [-0.2, 0) is 6.42 Å². The summed E-state index contributed by atoms with van der Waals surface area (Å²) >= 11 is 5.81. The highest BCUT2D eigenvalue weighted by molar-refractivity contribution is 6.32. The topological polar surface area (TPSA) is 46.5 Å². The first-order valence-electron chi connectivity index (χ1n) is 4.98. The zero-order valence-electron chi connectivity index (χ0n) is 8.43. The molecule has 0 unspecified atom stereocenters. The van der Waals surface area contributed by atoms with Crippen molar-refractivity contribution < 1.29 is 19.0 Å². The predicted molar refractivity (Wildman–Crippen MR) is 56.8 cm³/mol. The van der Waals surface area contributed by atoms with Crippen LogP contribution in [0.2, 0.25) is 5.02 Å². The fourth-order valence-corrected chi connectivity index (χ4v) is 2.02. The number of ether oxygens (including phenoxy) is 1. The summed E-state index contributed by atoms with van der Waals surface area (Å²) in [6.07, 6.45) is 2.17. The van der Waals surface area contributed by atoms with E-state index in [4.69, 9.17) is 21.4 Å². The average molecular weight is 245 g/mol. The van der Waals surface area contributed by atoms with Gasteiger partial charge in [-0.05, 0) is 25.3 Å². The van der Waals surface area contributed by atoms with Gasteiger partial charge in [0.05, 0.1) is 11.6 Å². The standard InChI is InChI=1S/C11H10ClFO3/c12-9-6-3-1-2-4-16-10(6)7(11(14)15)5-8(9)13/h5H,1-4H2,(H,14,15). The van der Waals surface area contributed by atoms with Gasteiger partial charge < -0.3 is 9.84 Å². The Labute approximate surface area is 96.8 Å². The first-order chi connectivity index (χ1) is 7.61. The molecule has 1 aromatic rings.